The number of nitrogens with one attached hydrogen (secondary N) is 1. The molecule has 0 aliphatic carbocycles. The van der Waals surface area contributed by atoms with Crippen molar-refractivity contribution in [3.63, 3.8) is 0 Å². The standard InChI is InChI=1S/C20H29FN4O2/c1-5-7-17(24-9-8-22-13(3)12-24)19-23-18-15(20(26)25(19)6-2)10-14(27-4)11-16(18)21/h10-11,13,17,22H,5-9,12H2,1-4H3/t13-,17?/m0/s1. The van der Waals surface area contributed by atoms with Crippen molar-refractivity contribution in [3.05, 3.63) is 34.1 Å². The Morgan fingerprint density at radius 1 is 1.41 bits per heavy atom. The SMILES string of the molecule is CCCC(c1nc2c(F)cc(OC)cc2c(=O)n1CC)N1CCN[C@@H](C)C1. The van der Waals surface area contributed by atoms with Gasteiger partial charge in [-0.05, 0) is 26.3 Å². The van der Waals surface area contributed by atoms with E-state index in [4.69, 9.17) is 4.74 Å². The smallest absolute Gasteiger partial charge is 0.261 e. The first-order valence-electron chi connectivity index (χ1n) is 9.75. The summed E-state index contributed by atoms with van der Waals surface area (Å²) in [6, 6.07) is 3.24. The maximum Gasteiger partial charge on any atom is 0.261 e. The van der Waals surface area contributed by atoms with Crippen molar-refractivity contribution in [3.8, 4) is 5.75 Å². The number of rotatable bonds is 6. The second-order valence-corrected chi connectivity index (χ2v) is 7.18. The fourth-order valence-corrected chi connectivity index (χ4v) is 3.95. The lowest BCUT2D eigenvalue weighted by Crippen LogP contribution is -2.51. The molecule has 148 valence electrons. The van der Waals surface area contributed by atoms with Gasteiger partial charge in [-0.3, -0.25) is 14.3 Å². The van der Waals surface area contributed by atoms with Gasteiger partial charge in [0, 0.05) is 38.3 Å². The third-order valence-corrected chi connectivity index (χ3v) is 5.27. The Kier molecular flexibility index (Phi) is 6.11. The van der Waals surface area contributed by atoms with Crippen LogP contribution >= 0.6 is 0 Å². The minimum atomic E-state index is -0.519. The van der Waals surface area contributed by atoms with Crippen LogP contribution in [0.4, 0.5) is 4.39 Å². The number of ether oxygens (including phenoxy) is 1. The molecule has 0 amide bonds. The number of methoxy groups -OCH3 is 1. The van der Waals surface area contributed by atoms with Gasteiger partial charge in [0.2, 0.25) is 0 Å². The van der Waals surface area contributed by atoms with Crippen molar-refractivity contribution in [1.29, 1.82) is 0 Å². The molecule has 1 fully saturated rings. The van der Waals surface area contributed by atoms with Crippen LogP contribution in [0.15, 0.2) is 16.9 Å². The largest absolute Gasteiger partial charge is 0.497 e. The molecule has 1 saturated heterocycles. The van der Waals surface area contributed by atoms with Crippen LogP contribution in [-0.4, -0.2) is 47.2 Å². The number of aromatic nitrogens is 2. The second kappa shape index (κ2) is 8.35. The predicted octanol–water partition coefficient (Wildman–Crippen LogP) is 2.70. The monoisotopic (exact) mass is 376 g/mol. The molecule has 1 aliphatic rings. The van der Waals surface area contributed by atoms with E-state index < -0.39 is 5.82 Å². The van der Waals surface area contributed by atoms with Gasteiger partial charge < -0.3 is 10.1 Å². The van der Waals surface area contributed by atoms with Crippen LogP contribution in [0.25, 0.3) is 10.9 Å². The molecule has 0 bridgehead atoms. The van der Waals surface area contributed by atoms with Gasteiger partial charge in [0.1, 0.15) is 17.1 Å². The van der Waals surface area contributed by atoms with Gasteiger partial charge >= 0.3 is 0 Å². The molecule has 1 unspecified atom stereocenters. The van der Waals surface area contributed by atoms with Gasteiger partial charge in [0.25, 0.3) is 5.56 Å². The zero-order chi connectivity index (χ0) is 19.6. The van der Waals surface area contributed by atoms with Gasteiger partial charge in [-0.25, -0.2) is 9.37 Å². The lowest BCUT2D eigenvalue weighted by atomic mass is 10.1. The summed E-state index contributed by atoms with van der Waals surface area (Å²) < 4.78 is 21.5. The number of nitrogens with zero attached hydrogens (tertiary/aromatic N) is 3. The Bertz CT molecular complexity index is 867. The zero-order valence-electron chi connectivity index (χ0n) is 16.6. The molecular formula is C20H29FN4O2. The molecule has 7 heteroatoms. The van der Waals surface area contributed by atoms with E-state index in [9.17, 15) is 9.18 Å². The van der Waals surface area contributed by atoms with Crippen molar-refractivity contribution in [2.24, 2.45) is 0 Å². The third kappa shape index (κ3) is 3.84. The van der Waals surface area contributed by atoms with Crippen molar-refractivity contribution in [1.82, 2.24) is 19.8 Å². The number of hydrogen-bond acceptors (Lipinski definition) is 5. The summed E-state index contributed by atoms with van der Waals surface area (Å²) >= 11 is 0. The molecule has 2 atom stereocenters. The first-order chi connectivity index (χ1) is 13.0. The Morgan fingerprint density at radius 2 is 2.19 bits per heavy atom. The summed E-state index contributed by atoms with van der Waals surface area (Å²) in [7, 11) is 1.46. The lowest BCUT2D eigenvalue weighted by molar-refractivity contribution is 0.132. The molecule has 1 aromatic heterocycles. The van der Waals surface area contributed by atoms with Crippen LogP contribution in [0, 0.1) is 5.82 Å². The maximum atomic E-state index is 14.7. The third-order valence-electron chi connectivity index (χ3n) is 5.27. The average molecular weight is 376 g/mol. The Balaban J connectivity index is 2.18. The van der Waals surface area contributed by atoms with Crippen LogP contribution < -0.4 is 15.6 Å². The first kappa shape index (κ1) is 19.8. The van der Waals surface area contributed by atoms with Gasteiger partial charge in [0.05, 0.1) is 18.5 Å². The van der Waals surface area contributed by atoms with E-state index in [-0.39, 0.29) is 22.5 Å². The summed E-state index contributed by atoms with van der Waals surface area (Å²) in [5, 5.41) is 3.71. The minimum absolute atomic E-state index is 0.00176. The van der Waals surface area contributed by atoms with E-state index in [1.165, 1.54) is 13.2 Å². The molecule has 6 nitrogen and oxygen atoms in total. The van der Waals surface area contributed by atoms with Crippen LogP contribution in [0.3, 0.4) is 0 Å². The number of halogens is 1. The lowest BCUT2D eigenvalue weighted by Gasteiger charge is -2.38. The highest BCUT2D eigenvalue weighted by molar-refractivity contribution is 5.80. The molecule has 27 heavy (non-hydrogen) atoms. The topological polar surface area (TPSA) is 59.4 Å². The van der Waals surface area contributed by atoms with E-state index >= 15 is 0 Å². The summed E-state index contributed by atoms with van der Waals surface area (Å²) in [5.41, 5.74) is -0.0793. The number of piperazine rings is 1. The van der Waals surface area contributed by atoms with Gasteiger partial charge in [-0.1, -0.05) is 13.3 Å². The van der Waals surface area contributed by atoms with Crippen molar-refractivity contribution >= 4 is 10.9 Å². The van der Waals surface area contributed by atoms with E-state index in [1.807, 2.05) is 6.92 Å². The minimum Gasteiger partial charge on any atom is -0.497 e. The van der Waals surface area contributed by atoms with Crippen LogP contribution in [0.1, 0.15) is 45.5 Å². The summed E-state index contributed by atoms with van der Waals surface area (Å²) in [6.45, 7) is 9.37. The number of fused-ring (bicyclic) bond motifs is 1. The van der Waals surface area contributed by atoms with Gasteiger partial charge in [-0.2, -0.15) is 0 Å². The van der Waals surface area contributed by atoms with E-state index in [2.05, 4.69) is 29.0 Å². The first-order valence-corrected chi connectivity index (χ1v) is 9.75. The number of hydrogen-bond donors (Lipinski definition) is 1. The van der Waals surface area contributed by atoms with Gasteiger partial charge in [-0.15, -0.1) is 0 Å². The van der Waals surface area contributed by atoms with E-state index in [0.29, 0.717) is 24.2 Å². The zero-order valence-corrected chi connectivity index (χ0v) is 16.6. The van der Waals surface area contributed by atoms with Crippen molar-refractivity contribution < 1.29 is 9.13 Å². The van der Waals surface area contributed by atoms with Crippen LogP contribution in [0.2, 0.25) is 0 Å². The number of benzene rings is 1. The highest BCUT2D eigenvalue weighted by Crippen LogP contribution is 2.28. The van der Waals surface area contributed by atoms with E-state index in [0.717, 1.165) is 32.5 Å². The Morgan fingerprint density at radius 3 is 2.81 bits per heavy atom. The summed E-state index contributed by atoms with van der Waals surface area (Å²) in [4.78, 5) is 20.2. The maximum absolute atomic E-state index is 14.7. The molecule has 0 spiro atoms. The molecular weight excluding hydrogens is 347 g/mol. The van der Waals surface area contributed by atoms with E-state index in [1.54, 1.807) is 10.6 Å². The molecule has 0 radical (unpaired) electrons. The molecule has 3 rings (SSSR count). The van der Waals surface area contributed by atoms with Crippen molar-refractivity contribution in [2.75, 3.05) is 26.7 Å². The van der Waals surface area contributed by atoms with Crippen LogP contribution in [-0.2, 0) is 6.54 Å². The summed E-state index contributed by atoms with van der Waals surface area (Å²) in [5.74, 6) is 0.472. The quantitative estimate of drug-likeness (QED) is 0.840. The normalized spacial score (nSPS) is 19.4. The second-order valence-electron chi connectivity index (χ2n) is 7.18. The van der Waals surface area contributed by atoms with Crippen molar-refractivity contribution in [2.45, 2.75) is 52.2 Å². The molecule has 1 N–H and O–H groups in total. The molecule has 1 aliphatic heterocycles. The molecule has 1 aromatic carbocycles. The molecule has 2 aromatic rings. The Hall–Kier alpha value is -1.99. The highest BCUT2D eigenvalue weighted by atomic mass is 19.1. The summed E-state index contributed by atoms with van der Waals surface area (Å²) in [6.07, 6.45) is 1.84. The van der Waals surface area contributed by atoms with Gasteiger partial charge in [0.15, 0.2) is 5.82 Å². The Labute approximate surface area is 159 Å². The average Bonchev–Trinajstić information content (AvgIpc) is 2.66. The molecule has 2 heterocycles. The predicted molar refractivity (Wildman–Crippen MR) is 105 cm³/mol. The fraction of sp³-hybridized carbons (Fsp3) is 0.600. The molecule has 0 saturated carbocycles. The van der Waals surface area contributed by atoms with Crippen LogP contribution in [0.5, 0.6) is 5.75 Å². The fourth-order valence-electron chi connectivity index (χ4n) is 3.95. The highest BCUT2D eigenvalue weighted by Gasteiger charge is 2.28.